The van der Waals surface area contributed by atoms with Crippen molar-refractivity contribution in [3.05, 3.63) is 36.0 Å². The maximum Gasteiger partial charge on any atom is 0.257 e. The highest BCUT2D eigenvalue weighted by Gasteiger charge is 2.30. The van der Waals surface area contributed by atoms with Crippen molar-refractivity contribution in [1.82, 2.24) is 24.6 Å². The van der Waals surface area contributed by atoms with Gasteiger partial charge in [0.1, 0.15) is 18.0 Å². The van der Waals surface area contributed by atoms with Gasteiger partial charge in [0.2, 0.25) is 0 Å². The van der Waals surface area contributed by atoms with Crippen molar-refractivity contribution in [2.24, 2.45) is 0 Å². The van der Waals surface area contributed by atoms with Crippen LogP contribution >= 0.6 is 0 Å². The van der Waals surface area contributed by atoms with Crippen molar-refractivity contribution < 1.29 is 4.79 Å². The Bertz CT molecular complexity index is 811. The summed E-state index contributed by atoms with van der Waals surface area (Å²) in [5, 5.41) is 8.55. The number of hydrogen-bond donors (Lipinski definition) is 0. The molecule has 2 aliphatic rings. The van der Waals surface area contributed by atoms with Crippen LogP contribution in [0.15, 0.2) is 24.7 Å². The van der Waals surface area contributed by atoms with Gasteiger partial charge in [-0.2, -0.15) is 0 Å². The summed E-state index contributed by atoms with van der Waals surface area (Å²) in [6, 6.07) is 4.14. The summed E-state index contributed by atoms with van der Waals surface area (Å²) in [5.74, 6) is 2.28. The van der Waals surface area contributed by atoms with E-state index in [1.54, 1.807) is 6.20 Å². The molecule has 150 valence electrons. The number of nitrogens with zero attached hydrogens (tertiary/aromatic N) is 6. The lowest BCUT2D eigenvalue weighted by Gasteiger charge is -2.35. The molecule has 2 aliphatic heterocycles. The van der Waals surface area contributed by atoms with Gasteiger partial charge in [-0.15, -0.1) is 10.2 Å². The lowest BCUT2D eigenvalue weighted by molar-refractivity contribution is 0.0724. The second-order valence-electron chi connectivity index (χ2n) is 8.20. The van der Waals surface area contributed by atoms with Gasteiger partial charge in [0.15, 0.2) is 0 Å². The van der Waals surface area contributed by atoms with E-state index in [2.05, 4.69) is 38.5 Å². The zero-order valence-electron chi connectivity index (χ0n) is 16.9. The first kappa shape index (κ1) is 18.9. The first-order chi connectivity index (χ1) is 13.6. The van der Waals surface area contributed by atoms with Gasteiger partial charge in [0.05, 0.1) is 5.56 Å². The van der Waals surface area contributed by atoms with Crippen molar-refractivity contribution >= 4 is 11.7 Å². The summed E-state index contributed by atoms with van der Waals surface area (Å²) in [4.78, 5) is 22.0. The summed E-state index contributed by atoms with van der Waals surface area (Å²) in [5.41, 5.74) is 0.732. The molecular weight excluding hydrogens is 352 g/mol. The summed E-state index contributed by atoms with van der Waals surface area (Å²) in [7, 11) is 0. The number of carbonyl (C=O) groups is 1. The number of likely N-dealkylation sites (tertiary alicyclic amines) is 1. The third kappa shape index (κ3) is 3.75. The maximum absolute atomic E-state index is 13.1. The smallest absolute Gasteiger partial charge is 0.257 e. The van der Waals surface area contributed by atoms with Crippen molar-refractivity contribution in [3.63, 3.8) is 0 Å². The Hall–Kier alpha value is -2.44. The Labute approximate surface area is 166 Å². The summed E-state index contributed by atoms with van der Waals surface area (Å²) < 4.78 is 2.16. The largest absolute Gasteiger partial charge is 0.355 e. The molecule has 0 aliphatic carbocycles. The predicted octanol–water partition coefficient (Wildman–Crippen LogP) is 3.26. The van der Waals surface area contributed by atoms with Gasteiger partial charge < -0.3 is 14.4 Å². The van der Waals surface area contributed by atoms with E-state index in [0.29, 0.717) is 12.0 Å². The molecular formula is C21H30N6O. The molecule has 2 saturated heterocycles. The van der Waals surface area contributed by atoms with Crippen molar-refractivity contribution in [1.29, 1.82) is 0 Å². The molecule has 0 radical (unpaired) electrons. The van der Waals surface area contributed by atoms with Crippen LogP contribution in [-0.2, 0) is 0 Å². The van der Waals surface area contributed by atoms with Crippen LogP contribution in [0, 0.1) is 0 Å². The summed E-state index contributed by atoms with van der Waals surface area (Å²) in [6.07, 6.45) is 9.17. The van der Waals surface area contributed by atoms with Crippen LogP contribution in [0.4, 0.5) is 5.82 Å². The van der Waals surface area contributed by atoms with Crippen LogP contribution in [0.5, 0.6) is 0 Å². The van der Waals surface area contributed by atoms with Crippen molar-refractivity contribution in [2.45, 2.75) is 57.9 Å². The zero-order chi connectivity index (χ0) is 19.5. The fraction of sp³-hybridized carbons (Fsp3) is 0.619. The van der Waals surface area contributed by atoms with Gasteiger partial charge in [0.25, 0.3) is 5.91 Å². The molecule has 7 nitrogen and oxygen atoms in total. The van der Waals surface area contributed by atoms with Gasteiger partial charge in [-0.1, -0.05) is 0 Å². The highest BCUT2D eigenvalue weighted by atomic mass is 16.2. The lowest BCUT2D eigenvalue weighted by atomic mass is 9.96. The van der Waals surface area contributed by atoms with Crippen LogP contribution in [-0.4, -0.2) is 56.7 Å². The molecule has 2 fully saturated rings. The maximum atomic E-state index is 13.1. The van der Waals surface area contributed by atoms with Crippen LogP contribution in [0.1, 0.15) is 74.1 Å². The Kier molecular flexibility index (Phi) is 5.59. The summed E-state index contributed by atoms with van der Waals surface area (Å²) in [6.45, 7) is 7.76. The molecule has 7 heteroatoms. The average Bonchev–Trinajstić information content (AvgIpc) is 3.24. The molecule has 28 heavy (non-hydrogen) atoms. The number of hydrogen-bond acceptors (Lipinski definition) is 5. The molecule has 4 rings (SSSR count). The van der Waals surface area contributed by atoms with Gasteiger partial charge in [-0.05, 0) is 58.1 Å². The zero-order valence-corrected chi connectivity index (χ0v) is 16.9. The molecule has 0 N–H and O–H groups in total. The first-order valence-corrected chi connectivity index (χ1v) is 10.5. The molecule has 1 atom stereocenters. The van der Waals surface area contributed by atoms with E-state index in [1.165, 1.54) is 6.42 Å². The number of amides is 1. The predicted molar refractivity (Wildman–Crippen MR) is 109 cm³/mol. The Morgan fingerprint density at radius 2 is 1.96 bits per heavy atom. The topological polar surface area (TPSA) is 67.2 Å². The fourth-order valence-electron chi connectivity index (χ4n) is 4.41. The monoisotopic (exact) mass is 382 g/mol. The van der Waals surface area contributed by atoms with E-state index in [4.69, 9.17) is 0 Å². The quantitative estimate of drug-likeness (QED) is 0.812. The van der Waals surface area contributed by atoms with Gasteiger partial charge in [0, 0.05) is 44.3 Å². The molecule has 2 aromatic heterocycles. The van der Waals surface area contributed by atoms with Crippen molar-refractivity contribution in [3.8, 4) is 0 Å². The number of anilines is 1. The van der Waals surface area contributed by atoms with Crippen LogP contribution in [0.2, 0.25) is 0 Å². The molecule has 0 aromatic carbocycles. The van der Waals surface area contributed by atoms with E-state index in [1.807, 2.05) is 23.4 Å². The third-order valence-electron chi connectivity index (χ3n) is 5.90. The Morgan fingerprint density at radius 1 is 1.14 bits per heavy atom. The van der Waals surface area contributed by atoms with Crippen molar-refractivity contribution in [2.75, 3.05) is 31.1 Å². The average molecular weight is 383 g/mol. The first-order valence-electron chi connectivity index (χ1n) is 10.5. The number of piperidine rings is 2. The minimum Gasteiger partial charge on any atom is -0.355 e. The molecule has 0 spiro atoms. The molecule has 0 saturated carbocycles. The van der Waals surface area contributed by atoms with Crippen LogP contribution in [0.3, 0.4) is 0 Å². The molecule has 1 amide bonds. The van der Waals surface area contributed by atoms with Crippen LogP contribution in [0.25, 0.3) is 0 Å². The number of pyridine rings is 1. The SMILES string of the molecule is CC(C)n1cnnc1C1CCCN(c2ncccc2C(=O)N2CCCCC2)C1. The number of carbonyl (C=O) groups excluding carboxylic acids is 1. The van der Waals surface area contributed by atoms with Gasteiger partial charge in [-0.25, -0.2) is 4.98 Å². The van der Waals surface area contributed by atoms with Gasteiger partial charge in [-0.3, -0.25) is 4.79 Å². The van der Waals surface area contributed by atoms with E-state index >= 15 is 0 Å². The van der Waals surface area contributed by atoms with E-state index in [9.17, 15) is 4.79 Å². The normalized spacial score (nSPS) is 20.6. The van der Waals surface area contributed by atoms with Crippen LogP contribution < -0.4 is 4.90 Å². The fourth-order valence-corrected chi connectivity index (χ4v) is 4.41. The summed E-state index contributed by atoms with van der Waals surface area (Å²) >= 11 is 0. The minimum absolute atomic E-state index is 0.121. The van der Waals surface area contributed by atoms with E-state index < -0.39 is 0 Å². The molecule has 0 bridgehead atoms. The Balaban J connectivity index is 1.57. The van der Waals surface area contributed by atoms with Gasteiger partial charge >= 0.3 is 0 Å². The third-order valence-corrected chi connectivity index (χ3v) is 5.90. The molecule has 4 heterocycles. The second-order valence-corrected chi connectivity index (χ2v) is 8.20. The Morgan fingerprint density at radius 3 is 2.75 bits per heavy atom. The second kappa shape index (κ2) is 8.29. The number of rotatable bonds is 4. The standard InChI is InChI=1S/C21H30N6O/c1-16(2)27-15-23-24-19(27)17-8-7-13-26(14-17)20-18(9-6-10-22-20)21(28)25-11-4-3-5-12-25/h6,9-10,15-17H,3-5,7-8,11-14H2,1-2H3. The number of aromatic nitrogens is 4. The molecule has 2 aromatic rings. The minimum atomic E-state index is 0.121. The van der Waals surface area contributed by atoms with E-state index in [-0.39, 0.29) is 5.91 Å². The van der Waals surface area contributed by atoms with E-state index in [0.717, 1.165) is 69.1 Å². The lowest BCUT2D eigenvalue weighted by Crippen LogP contribution is -2.40. The highest BCUT2D eigenvalue weighted by Crippen LogP contribution is 2.31. The molecule has 1 unspecified atom stereocenters. The highest BCUT2D eigenvalue weighted by molar-refractivity contribution is 5.99.